The molecule has 2 aromatic carbocycles. The maximum Gasteiger partial charge on any atom is 0.333 e. The van der Waals surface area contributed by atoms with E-state index in [0.717, 1.165) is 66.5 Å². The molecule has 2 aliphatic rings. The lowest BCUT2D eigenvalue weighted by atomic mass is 9.81. The predicted molar refractivity (Wildman–Crippen MR) is 199 cm³/mol. The number of carbonyl (C=O) groups excluding carboxylic acids is 2. The minimum atomic E-state index is -0.971. The molecular weight excluding hydrogens is 655 g/mol. The van der Waals surface area contributed by atoms with Crippen LogP contribution in [0.5, 0.6) is 5.75 Å². The van der Waals surface area contributed by atoms with Gasteiger partial charge in [-0.25, -0.2) is 9.10 Å². The molecule has 3 N–H and O–H groups in total. The normalized spacial score (nSPS) is 15.0. The fourth-order valence-corrected chi connectivity index (χ4v) is 7.45. The molecule has 1 fully saturated rings. The summed E-state index contributed by atoms with van der Waals surface area (Å²) >= 11 is 1.24. The lowest BCUT2D eigenvalue weighted by molar-refractivity contribution is -0.132. The Hall–Kier alpha value is -3.84. The number of ether oxygens (including phenoxy) is 2. The lowest BCUT2D eigenvalue weighted by Gasteiger charge is -2.27. The Morgan fingerprint density at radius 1 is 1.06 bits per heavy atom. The van der Waals surface area contributed by atoms with E-state index in [-0.39, 0.29) is 23.6 Å². The average molecular weight is 706 g/mol. The highest BCUT2D eigenvalue weighted by Crippen LogP contribution is 2.47. The van der Waals surface area contributed by atoms with Crippen LogP contribution in [-0.2, 0) is 20.9 Å². The number of likely N-dealkylation sites (N-methyl/N-ethyl adjacent to an activating group) is 1. The fourth-order valence-electron chi connectivity index (χ4n) is 6.92. The molecular formula is C38H51N5O6S. The van der Waals surface area contributed by atoms with E-state index >= 15 is 0 Å². The number of carboxylic acids is 1. The molecule has 2 amide bonds. The van der Waals surface area contributed by atoms with E-state index in [4.69, 9.17) is 9.47 Å². The molecule has 1 aromatic heterocycles. The van der Waals surface area contributed by atoms with Gasteiger partial charge in [-0.15, -0.1) is 0 Å². The summed E-state index contributed by atoms with van der Waals surface area (Å²) in [4.78, 5) is 39.1. The summed E-state index contributed by atoms with van der Waals surface area (Å²) in [7, 11) is 3.54. The van der Waals surface area contributed by atoms with Gasteiger partial charge in [-0.2, -0.15) is 0 Å². The summed E-state index contributed by atoms with van der Waals surface area (Å²) in [6.45, 7) is 10.2. The minimum absolute atomic E-state index is 0.188. The molecule has 0 spiro atoms. The molecule has 3 aromatic rings. The van der Waals surface area contributed by atoms with Crippen molar-refractivity contribution in [1.29, 1.82) is 0 Å². The summed E-state index contributed by atoms with van der Waals surface area (Å²) < 4.78 is 18.5. The van der Waals surface area contributed by atoms with E-state index in [1.165, 1.54) is 24.1 Å². The van der Waals surface area contributed by atoms with Crippen molar-refractivity contribution in [2.45, 2.75) is 70.9 Å². The third-order valence-corrected chi connectivity index (χ3v) is 10.2. The topological polar surface area (TPSA) is 125 Å². The van der Waals surface area contributed by atoms with Gasteiger partial charge in [0.1, 0.15) is 5.75 Å². The minimum Gasteiger partial charge on any atom is -0.497 e. The summed E-state index contributed by atoms with van der Waals surface area (Å²) in [5, 5.41) is 14.0. The van der Waals surface area contributed by atoms with E-state index < -0.39 is 5.97 Å². The molecule has 0 radical (unpaired) electrons. The molecule has 270 valence electrons. The van der Waals surface area contributed by atoms with Gasteiger partial charge in [0, 0.05) is 66.9 Å². The number of amides is 2. The van der Waals surface area contributed by atoms with Crippen molar-refractivity contribution in [3.05, 3.63) is 58.7 Å². The molecule has 12 heteroatoms. The highest BCUT2D eigenvalue weighted by atomic mass is 32.2. The van der Waals surface area contributed by atoms with Gasteiger partial charge >= 0.3 is 5.97 Å². The van der Waals surface area contributed by atoms with Crippen LogP contribution in [0.1, 0.15) is 80.3 Å². The molecule has 11 nitrogen and oxygen atoms in total. The van der Waals surface area contributed by atoms with Crippen LogP contribution >= 0.6 is 12.1 Å². The van der Waals surface area contributed by atoms with Crippen LogP contribution in [0.2, 0.25) is 0 Å². The van der Waals surface area contributed by atoms with Gasteiger partial charge in [-0.05, 0) is 94.1 Å². The number of fused-ring (bicyclic) bond motifs is 5. The summed E-state index contributed by atoms with van der Waals surface area (Å²) in [6, 6.07) is 11.7. The van der Waals surface area contributed by atoms with Gasteiger partial charge in [0.2, 0.25) is 6.41 Å². The Bertz CT molecular complexity index is 1710. The second kappa shape index (κ2) is 16.9. The highest BCUT2D eigenvalue weighted by molar-refractivity contribution is 7.95. The molecule has 0 bridgehead atoms. The SMILES string of the molecule is COc1ccc2c(c1)C=C(C(=O)O)Cn1c-2c(C2CCCCC2)c2ccc(C(=O)NSN(C)CCN(CCNC=O)CCOC(C)(C)C)cc21. The maximum atomic E-state index is 13.6. The first-order valence-corrected chi connectivity index (χ1v) is 18.3. The van der Waals surface area contributed by atoms with Crippen LogP contribution in [-0.4, -0.2) is 96.3 Å². The second-order valence-corrected chi connectivity index (χ2v) is 15.1. The molecule has 1 aliphatic carbocycles. The first-order valence-electron chi connectivity index (χ1n) is 17.5. The third kappa shape index (κ3) is 9.28. The first-order chi connectivity index (χ1) is 24.0. The smallest absolute Gasteiger partial charge is 0.333 e. The van der Waals surface area contributed by atoms with Crippen LogP contribution in [0.15, 0.2) is 42.0 Å². The van der Waals surface area contributed by atoms with E-state index in [2.05, 4.69) is 19.5 Å². The third-order valence-electron chi connectivity index (χ3n) is 9.45. The van der Waals surface area contributed by atoms with Crippen LogP contribution in [0.4, 0.5) is 0 Å². The van der Waals surface area contributed by atoms with Gasteiger partial charge in [0.05, 0.1) is 37.1 Å². The van der Waals surface area contributed by atoms with Gasteiger partial charge < -0.3 is 24.5 Å². The largest absolute Gasteiger partial charge is 0.497 e. The molecule has 1 aliphatic heterocycles. The number of hydrogen-bond acceptors (Lipinski definition) is 8. The monoisotopic (exact) mass is 705 g/mol. The van der Waals surface area contributed by atoms with Crippen LogP contribution in [0.25, 0.3) is 28.2 Å². The summed E-state index contributed by atoms with van der Waals surface area (Å²) in [6.07, 6.45) is 8.17. The zero-order chi connectivity index (χ0) is 35.8. The van der Waals surface area contributed by atoms with E-state index in [1.807, 2.05) is 68.5 Å². The number of aliphatic carboxylic acids is 1. The van der Waals surface area contributed by atoms with Gasteiger partial charge in [-0.3, -0.25) is 19.2 Å². The van der Waals surface area contributed by atoms with E-state index in [0.29, 0.717) is 49.9 Å². The van der Waals surface area contributed by atoms with E-state index in [9.17, 15) is 19.5 Å². The number of nitrogens with one attached hydrogen (secondary N) is 2. The number of aromatic nitrogens is 1. The molecule has 0 unspecified atom stereocenters. The molecule has 50 heavy (non-hydrogen) atoms. The molecule has 0 saturated heterocycles. The number of methoxy groups -OCH3 is 1. The zero-order valence-corrected chi connectivity index (χ0v) is 30.7. The van der Waals surface area contributed by atoms with Crippen molar-refractivity contribution in [2.75, 3.05) is 53.5 Å². The van der Waals surface area contributed by atoms with Crippen LogP contribution < -0.4 is 14.8 Å². The lowest BCUT2D eigenvalue weighted by Crippen LogP contribution is -2.39. The van der Waals surface area contributed by atoms with Gasteiger partial charge in [0.15, 0.2) is 0 Å². The Morgan fingerprint density at radius 3 is 2.54 bits per heavy atom. The summed E-state index contributed by atoms with van der Waals surface area (Å²) in [5.41, 5.74) is 5.49. The number of benzene rings is 2. The van der Waals surface area contributed by atoms with E-state index in [1.54, 1.807) is 13.2 Å². The Morgan fingerprint density at radius 2 is 1.84 bits per heavy atom. The number of rotatable bonds is 16. The molecule has 2 heterocycles. The van der Waals surface area contributed by atoms with Crippen molar-refractivity contribution in [3.63, 3.8) is 0 Å². The summed E-state index contributed by atoms with van der Waals surface area (Å²) in [5.74, 6) is -0.174. The van der Waals surface area contributed by atoms with Crippen molar-refractivity contribution in [2.24, 2.45) is 0 Å². The standard InChI is InChI=1S/C38H51N5O6S/c1-38(2,3)49-20-19-42(16-15-39-25-44)18-17-41(4)50-40-36(45)27-11-13-32-33(23-27)43-24-29(37(46)47)21-28-22-30(48-5)12-14-31(28)35(43)34(32)26-9-7-6-8-10-26/h11-14,21-23,25-26H,6-10,15-20,24H2,1-5H3,(H,39,44)(H,40,45)(H,46,47). The van der Waals surface area contributed by atoms with Gasteiger partial charge in [0.25, 0.3) is 5.91 Å². The quantitative estimate of drug-likeness (QED) is 0.0945. The number of hydrogen-bond donors (Lipinski definition) is 3. The predicted octanol–water partition coefficient (Wildman–Crippen LogP) is 5.93. The van der Waals surface area contributed by atoms with Crippen molar-refractivity contribution in [1.82, 2.24) is 23.8 Å². The van der Waals surface area contributed by atoms with Gasteiger partial charge in [-0.1, -0.05) is 25.3 Å². The van der Waals surface area contributed by atoms with Crippen molar-refractivity contribution < 1.29 is 29.0 Å². The highest BCUT2D eigenvalue weighted by Gasteiger charge is 2.30. The van der Waals surface area contributed by atoms with Crippen molar-refractivity contribution >= 4 is 47.4 Å². The number of carbonyl (C=O) groups is 3. The molecule has 0 atom stereocenters. The molecule has 1 saturated carbocycles. The Labute approximate surface area is 299 Å². The first kappa shape index (κ1) is 37.4. The fraction of sp³-hybridized carbons (Fsp3) is 0.500. The van der Waals surface area contributed by atoms with Crippen molar-refractivity contribution in [3.8, 4) is 17.0 Å². The Kier molecular flexibility index (Phi) is 12.7. The van der Waals surface area contributed by atoms with Crippen LogP contribution in [0.3, 0.4) is 0 Å². The maximum absolute atomic E-state index is 13.6. The number of nitrogens with zero attached hydrogens (tertiary/aromatic N) is 3. The zero-order valence-electron chi connectivity index (χ0n) is 29.9. The average Bonchev–Trinajstić information content (AvgIpc) is 3.30. The molecule has 5 rings (SSSR count). The second-order valence-electron chi connectivity index (χ2n) is 14.1. The number of carboxylic acid groups (broad SMARTS) is 1. The van der Waals surface area contributed by atoms with Crippen LogP contribution in [0, 0.1) is 0 Å². The Balaban J connectivity index is 1.37.